The predicted molar refractivity (Wildman–Crippen MR) is 91.8 cm³/mol. The fourth-order valence-corrected chi connectivity index (χ4v) is 4.56. The fraction of sp³-hybridized carbons (Fsp3) is 0.778. The van der Waals surface area contributed by atoms with Crippen LogP contribution in [-0.4, -0.2) is 53.1 Å². The standard InChI is InChI=1S/C18H26ClN3O2/c19-17-8-16(24-20-17)6-7-18(23)22-11-14-4-5-15(12-22)21(10-14)9-13-2-1-3-13/h8,13-15H,1-7,9-12H2/t14-,15-/m1/s1. The first-order chi connectivity index (χ1) is 11.7. The van der Waals surface area contributed by atoms with Crippen molar-refractivity contribution >= 4 is 17.5 Å². The molecule has 1 saturated carbocycles. The van der Waals surface area contributed by atoms with Crippen LogP contribution in [0.1, 0.15) is 44.3 Å². The second-order valence-corrected chi connectivity index (χ2v) is 8.15. The molecule has 6 heteroatoms. The van der Waals surface area contributed by atoms with Gasteiger partial charge in [-0.15, -0.1) is 0 Å². The van der Waals surface area contributed by atoms with Crippen molar-refractivity contribution in [2.75, 3.05) is 26.2 Å². The van der Waals surface area contributed by atoms with Gasteiger partial charge >= 0.3 is 0 Å². The normalized spacial score (nSPS) is 28.0. The molecule has 0 unspecified atom stereocenters. The van der Waals surface area contributed by atoms with Crippen LogP contribution in [0.5, 0.6) is 0 Å². The van der Waals surface area contributed by atoms with Gasteiger partial charge in [0.2, 0.25) is 5.91 Å². The van der Waals surface area contributed by atoms with Crippen LogP contribution < -0.4 is 0 Å². The first kappa shape index (κ1) is 16.4. The number of carbonyl (C=O) groups excluding carboxylic acids is 1. The maximum atomic E-state index is 12.7. The van der Waals surface area contributed by atoms with E-state index >= 15 is 0 Å². The third-order valence-corrected chi connectivity index (χ3v) is 6.19. The Bertz CT molecular complexity index is 587. The third kappa shape index (κ3) is 3.62. The SMILES string of the molecule is O=C(CCc1cc(Cl)no1)N1C[C@@H]2CC[C@H](C1)N(CC1CCC1)C2. The van der Waals surface area contributed by atoms with E-state index in [-0.39, 0.29) is 5.91 Å². The number of amides is 1. The minimum absolute atomic E-state index is 0.241. The van der Waals surface area contributed by atoms with Crippen LogP contribution in [0.3, 0.4) is 0 Å². The van der Waals surface area contributed by atoms with E-state index in [4.69, 9.17) is 16.1 Å². The number of fused-ring (bicyclic) bond motifs is 4. The monoisotopic (exact) mass is 351 g/mol. The molecule has 1 aliphatic carbocycles. The largest absolute Gasteiger partial charge is 0.360 e. The number of nitrogens with zero attached hydrogens (tertiary/aromatic N) is 3. The number of hydrogen-bond acceptors (Lipinski definition) is 4. The molecule has 0 radical (unpaired) electrons. The zero-order chi connectivity index (χ0) is 16.5. The zero-order valence-electron chi connectivity index (χ0n) is 14.1. The summed E-state index contributed by atoms with van der Waals surface area (Å²) < 4.78 is 5.10. The van der Waals surface area contributed by atoms with Gasteiger partial charge in [0.25, 0.3) is 0 Å². The van der Waals surface area contributed by atoms with Gasteiger partial charge in [-0.05, 0) is 37.5 Å². The van der Waals surface area contributed by atoms with Crippen LogP contribution >= 0.6 is 11.6 Å². The summed E-state index contributed by atoms with van der Waals surface area (Å²) in [5.74, 6) is 2.49. The van der Waals surface area contributed by atoms with E-state index in [0.717, 1.165) is 19.0 Å². The van der Waals surface area contributed by atoms with Crippen LogP contribution in [0.25, 0.3) is 0 Å². The van der Waals surface area contributed by atoms with Crippen LogP contribution in [0.2, 0.25) is 5.15 Å². The molecule has 0 spiro atoms. The molecule has 4 aliphatic rings. The Labute approximate surface area is 148 Å². The van der Waals surface area contributed by atoms with Crippen molar-refractivity contribution in [1.29, 1.82) is 0 Å². The molecule has 4 fully saturated rings. The topological polar surface area (TPSA) is 49.6 Å². The minimum Gasteiger partial charge on any atom is -0.360 e. The van der Waals surface area contributed by atoms with Gasteiger partial charge in [-0.2, -0.15) is 0 Å². The number of piperidine rings is 1. The zero-order valence-corrected chi connectivity index (χ0v) is 14.9. The Morgan fingerprint density at radius 1 is 1.25 bits per heavy atom. The Hall–Kier alpha value is -1.07. The predicted octanol–water partition coefficient (Wildman–Crippen LogP) is 2.98. The number of rotatable bonds is 5. The second kappa shape index (κ2) is 7.04. The molecule has 1 aromatic rings. The summed E-state index contributed by atoms with van der Waals surface area (Å²) in [6, 6.07) is 2.26. The molecule has 5 nitrogen and oxygen atoms in total. The molecule has 3 aliphatic heterocycles. The van der Waals surface area contributed by atoms with Gasteiger partial charge in [0.15, 0.2) is 5.15 Å². The molecule has 0 N–H and O–H groups in total. The van der Waals surface area contributed by atoms with Gasteiger partial charge in [-0.3, -0.25) is 9.69 Å². The molecule has 1 aromatic heterocycles. The van der Waals surface area contributed by atoms with Crippen molar-refractivity contribution in [2.24, 2.45) is 11.8 Å². The van der Waals surface area contributed by atoms with Crippen LogP contribution in [0, 0.1) is 11.8 Å². The summed E-state index contributed by atoms with van der Waals surface area (Å²) in [6.07, 6.45) is 7.78. The van der Waals surface area contributed by atoms with Gasteiger partial charge in [0.1, 0.15) is 5.76 Å². The highest BCUT2D eigenvalue weighted by Gasteiger charge is 2.37. The molecule has 2 atom stereocenters. The molecular weight excluding hydrogens is 326 g/mol. The van der Waals surface area contributed by atoms with E-state index in [0.29, 0.717) is 35.7 Å². The number of aryl methyl sites for hydroxylation is 1. The van der Waals surface area contributed by atoms with Gasteiger partial charge < -0.3 is 9.42 Å². The molecule has 132 valence electrons. The van der Waals surface area contributed by atoms with E-state index in [1.54, 1.807) is 6.07 Å². The summed E-state index contributed by atoms with van der Waals surface area (Å²) in [4.78, 5) is 17.4. The highest BCUT2D eigenvalue weighted by atomic mass is 35.5. The number of halogens is 1. The van der Waals surface area contributed by atoms with Crippen LogP contribution in [-0.2, 0) is 11.2 Å². The molecule has 4 heterocycles. The van der Waals surface area contributed by atoms with Crippen LogP contribution in [0.15, 0.2) is 10.6 Å². The Morgan fingerprint density at radius 2 is 2.12 bits per heavy atom. The maximum Gasteiger partial charge on any atom is 0.223 e. The molecule has 0 aromatic carbocycles. The van der Waals surface area contributed by atoms with Crippen molar-refractivity contribution in [2.45, 2.75) is 51.0 Å². The van der Waals surface area contributed by atoms with E-state index < -0.39 is 0 Å². The summed E-state index contributed by atoms with van der Waals surface area (Å²) >= 11 is 5.76. The lowest BCUT2D eigenvalue weighted by Gasteiger charge is -2.40. The lowest BCUT2D eigenvalue weighted by atomic mass is 9.83. The Balaban J connectivity index is 1.33. The molecule has 24 heavy (non-hydrogen) atoms. The maximum absolute atomic E-state index is 12.7. The molecule has 5 rings (SSSR count). The quantitative estimate of drug-likeness (QED) is 0.818. The van der Waals surface area contributed by atoms with Gasteiger partial charge in [-0.25, -0.2) is 0 Å². The average molecular weight is 352 g/mol. The van der Waals surface area contributed by atoms with Crippen molar-refractivity contribution < 1.29 is 9.32 Å². The highest BCUT2D eigenvalue weighted by Crippen LogP contribution is 2.33. The molecule has 1 amide bonds. The smallest absolute Gasteiger partial charge is 0.223 e. The first-order valence-corrected chi connectivity index (χ1v) is 9.68. The lowest BCUT2D eigenvalue weighted by Crippen LogP contribution is -2.47. The summed E-state index contributed by atoms with van der Waals surface area (Å²) in [5, 5.41) is 4.02. The first-order valence-electron chi connectivity index (χ1n) is 9.30. The van der Waals surface area contributed by atoms with Crippen molar-refractivity contribution in [3.8, 4) is 0 Å². The Kier molecular flexibility index (Phi) is 4.81. The van der Waals surface area contributed by atoms with Gasteiger partial charge in [-0.1, -0.05) is 23.2 Å². The van der Waals surface area contributed by atoms with E-state index in [1.807, 2.05) is 0 Å². The highest BCUT2D eigenvalue weighted by molar-refractivity contribution is 6.29. The van der Waals surface area contributed by atoms with Crippen molar-refractivity contribution in [1.82, 2.24) is 15.0 Å². The number of carbonyl (C=O) groups is 1. The summed E-state index contributed by atoms with van der Waals surface area (Å²) in [5.41, 5.74) is 0. The average Bonchev–Trinajstić information content (AvgIpc) is 2.75. The molecule has 2 bridgehead atoms. The Morgan fingerprint density at radius 3 is 2.83 bits per heavy atom. The number of aromatic nitrogens is 1. The third-order valence-electron chi connectivity index (χ3n) is 6.01. The van der Waals surface area contributed by atoms with Crippen molar-refractivity contribution in [3.05, 3.63) is 17.0 Å². The molecule has 3 saturated heterocycles. The van der Waals surface area contributed by atoms with Crippen LogP contribution in [0.4, 0.5) is 0 Å². The van der Waals surface area contributed by atoms with E-state index in [1.165, 1.54) is 45.2 Å². The number of hydrogen-bond donors (Lipinski definition) is 0. The van der Waals surface area contributed by atoms with Gasteiger partial charge in [0, 0.05) is 51.1 Å². The summed E-state index contributed by atoms with van der Waals surface area (Å²) in [7, 11) is 0. The van der Waals surface area contributed by atoms with E-state index in [2.05, 4.69) is 15.0 Å². The second-order valence-electron chi connectivity index (χ2n) is 7.76. The lowest BCUT2D eigenvalue weighted by molar-refractivity contribution is -0.131. The molecular formula is C18H26ClN3O2. The van der Waals surface area contributed by atoms with E-state index in [9.17, 15) is 4.79 Å². The van der Waals surface area contributed by atoms with Crippen molar-refractivity contribution in [3.63, 3.8) is 0 Å². The fourth-order valence-electron chi connectivity index (χ4n) is 4.41. The minimum atomic E-state index is 0.241. The van der Waals surface area contributed by atoms with Gasteiger partial charge in [0.05, 0.1) is 0 Å². The summed E-state index contributed by atoms with van der Waals surface area (Å²) in [6.45, 7) is 4.26.